The second-order valence-corrected chi connectivity index (χ2v) is 4.25. The average Bonchev–Trinajstić information content (AvgIpc) is 2.26. The van der Waals surface area contributed by atoms with Crippen molar-refractivity contribution >= 4 is 26.8 Å². The van der Waals surface area contributed by atoms with Crippen LogP contribution in [-0.2, 0) is 0 Å². The Morgan fingerprint density at radius 1 is 1.50 bits per heavy atom. The van der Waals surface area contributed by atoms with Gasteiger partial charge < -0.3 is 4.74 Å². The van der Waals surface area contributed by atoms with Gasteiger partial charge in [-0.15, -0.1) is 0 Å². The van der Waals surface area contributed by atoms with Crippen LogP contribution in [0.2, 0.25) is 0 Å². The van der Waals surface area contributed by atoms with Crippen molar-refractivity contribution in [1.29, 1.82) is 5.26 Å². The fourth-order valence-corrected chi connectivity index (χ4v) is 2.24. The van der Waals surface area contributed by atoms with E-state index in [2.05, 4.69) is 20.9 Å². The third kappa shape index (κ3) is 2.00. The lowest BCUT2D eigenvalue weighted by molar-refractivity contribution is 0.372. The smallest absolute Gasteiger partial charge is 0.174 e. The maximum Gasteiger partial charge on any atom is 0.174 e. The lowest BCUT2D eigenvalue weighted by atomic mass is 10.1. The predicted octanol–water partition coefficient (Wildman–Crippen LogP) is 3.21. The van der Waals surface area contributed by atoms with Gasteiger partial charge in [0, 0.05) is 16.1 Å². The fourth-order valence-electron chi connectivity index (χ4n) is 1.56. The molecule has 0 spiro atoms. The number of benzene rings is 1. The quantitative estimate of drug-likeness (QED) is 0.846. The van der Waals surface area contributed by atoms with Crippen LogP contribution in [0, 0.1) is 18.3 Å². The van der Waals surface area contributed by atoms with Gasteiger partial charge in [0.15, 0.2) is 6.61 Å². The van der Waals surface area contributed by atoms with Crippen molar-refractivity contribution in [3.63, 3.8) is 0 Å². The third-order valence-corrected chi connectivity index (χ3v) is 2.80. The van der Waals surface area contributed by atoms with Gasteiger partial charge in [0.1, 0.15) is 11.8 Å². The van der Waals surface area contributed by atoms with Crippen LogP contribution in [0.5, 0.6) is 5.75 Å². The Morgan fingerprint density at radius 2 is 2.31 bits per heavy atom. The molecule has 0 aliphatic carbocycles. The second kappa shape index (κ2) is 4.50. The van der Waals surface area contributed by atoms with E-state index in [9.17, 15) is 0 Å². The number of rotatable bonds is 2. The van der Waals surface area contributed by atoms with Crippen molar-refractivity contribution in [3.8, 4) is 11.8 Å². The Morgan fingerprint density at radius 3 is 3.06 bits per heavy atom. The van der Waals surface area contributed by atoms with Gasteiger partial charge in [0.05, 0.1) is 5.52 Å². The number of ether oxygens (including phenoxy) is 1. The van der Waals surface area contributed by atoms with Crippen molar-refractivity contribution < 1.29 is 4.74 Å². The van der Waals surface area contributed by atoms with E-state index >= 15 is 0 Å². The molecule has 2 rings (SSSR count). The molecule has 0 saturated carbocycles. The molecule has 0 aliphatic rings. The summed E-state index contributed by atoms with van der Waals surface area (Å²) in [7, 11) is 0. The summed E-state index contributed by atoms with van der Waals surface area (Å²) in [4.78, 5) is 4.28. The van der Waals surface area contributed by atoms with E-state index in [1.807, 2.05) is 25.1 Å². The van der Waals surface area contributed by atoms with Crippen LogP contribution in [0.4, 0.5) is 0 Å². The highest BCUT2D eigenvalue weighted by molar-refractivity contribution is 9.10. The van der Waals surface area contributed by atoms with Crippen molar-refractivity contribution in [2.24, 2.45) is 0 Å². The second-order valence-electron chi connectivity index (χ2n) is 3.40. The minimum atomic E-state index is 0.0463. The maximum atomic E-state index is 8.51. The van der Waals surface area contributed by atoms with Gasteiger partial charge in [-0.1, -0.05) is 0 Å². The van der Waals surface area contributed by atoms with Crippen LogP contribution in [0.15, 0.2) is 28.9 Å². The van der Waals surface area contributed by atoms with Crippen LogP contribution in [0.3, 0.4) is 0 Å². The van der Waals surface area contributed by atoms with Gasteiger partial charge in [-0.2, -0.15) is 5.26 Å². The lowest BCUT2D eigenvalue weighted by Gasteiger charge is -2.07. The number of nitrogens with zero attached hydrogens (tertiary/aromatic N) is 2. The van der Waals surface area contributed by atoms with Gasteiger partial charge in [0.2, 0.25) is 0 Å². The molecule has 0 unspecified atom stereocenters. The monoisotopic (exact) mass is 276 g/mol. The molecule has 0 radical (unpaired) electrons. The summed E-state index contributed by atoms with van der Waals surface area (Å²) in [5, 5.41) is 9.43. The summed E-state index contributed by atoms with van der Waals surface area (Å²) in [6.45, 7) is 2.05. The molecule has 1 aromatic carbocycles. The number of aryl methyl sites for hydroxylation is 1. The number of nitriles is 1. The fraction of sp³-hybridized carbons (Fsp3) is 0.167. The molecular weight excluding hydrogens is 268 g/mol. The number of halogens is 1. The molecule has 16 heavy (non-hydrogen) atoms. The van der Waals surface area contributed by atoms with E-state index in [4.69, 9.17) is 10.00 Å². The van der Waals surface area contributed by atoms with Gasteiger partial charge in [-0.05, 0) is 46.6 Å². The minimum Gasteiger partial charge on any atom is -0.478 e. The Kier molecular flexibility index (Phi) is 3.07. The Balaban J connectivity index is 2.63. The highest BCUT2D eigenvalue weighted by atomic mass is 79.9. The molecule has 2 aromatic rings. The van der Waals surface area contributed by atoms with Crippen LogP contribution in [0.1, 0.15) is 5.56 Å². The number of hydrogen-bond acceptors (Lipinski definition) is 3. The van der Waals surface area contributed by atoms with E-state index in [0.717, 1.165) is 20.9 Å². The first-order chi connectivity index (χ1) is 7.72. The minimum absolute atomic E-state index is 0.0463. The largest absolute Gasteiger partial charge is 0.478 e. The van der Waals surface area contributed by atoms with Crippen LogP contribution >= 0.6 is 15.9 Å². The maximum absolute atomic E-state index is 8.51. The number of hydrogen-bond donors (Lipinski definition) is 0. The molecule has 1 aromatic heterocycles. The zero-order chi connectivity index (χ0) is 11.5. The molecular formula is C12H9BrN2O. The summed E-state index contributed by atoms with van der Waals surface area (Å²) in [6, 6.07) is 7.73. The lowest BCUT2D eigenvalue weighted by Crippen LogP contribution is -1.95. The van der Waals surface area contributed by atoms with Crippen LogP contribution in [-0.4, -0.2) is 11.6 Å². The zero-order valence-electron chi connectivity index (χ0n) is 8.70. The molecule has 3 nitrogen and oxygen atoms in total. The van der Waals surface area contributed by atoms with E-state index in [-0.39, 0.29) is 6.61 Å². The first-order valence-electron chi connectivity index (χ1n) is 4.77. The molecule has 4 heteroatoms. The number of pyridine rings is 1. The van der Waals surface area contributed by atoms with Gasteiger partial charge in [0.25, 0.3) is 0 Å². The molecule has 0 bridgehead atoms. The van der Waals surface area contributed by atoms with Crippen molar-refractivity contribution in [2.75, 3.05) is 6.61 Å². The van der Waals surface area contributed by atoms with Crippen LogP contribution < -0.4 is 4.74 Å². The van der Waals surface area contributed by atoms with Crippen molar-refractivity contribution in [1.82, 2.24) is 4.98 Å². The SMILES string of the molecule is Cc1cc(Br)c2nccc(OCC#N)c2c1. The van der Waals surface area contributed by atoms with Crippen molar-refractivity contribution in [2.45, 2.75) is 6.92 Å². The molecule has 0 amide bonds. The standard InChI is InChI=1S/C12H9BrN2O/c1-8-6-9-11(16-5-3-14)2-4-15-12(9)10(13)7-8/h2,4,6-7H,5H2,1H3. The Hall–Kier alpha value is -1.60. The van der Waals surface area contributed by atoms with Crippen molar-refractivity contribution in [3.05, 3.63) is 34.4 Å². The summed E-state index contributed by atoms with van der Waals surface area (Å²) < 4.78 is 6.29. The summed E-state index contributed by atoms with van der Waals surface area (Å²) >= 11 is 3.47. The topological polar surface area (TPSA) is 45.9 Å². The first kappa shape index (κ1) is 10.9. The molecule has 0 saturated heterocycles. The Bertz CT molecular complexity index is 575. The average molecular weight is 277 g/mol. The first-order valence-corrected chi connectivity index (χ1v) is 5.56. The number of aromatic nitrogens is 1. The molecule has 0 aliphatic heterocycles. The predicted molar refractivity (Wildman–Crippen MR) is 65.3 cm³/mol. The van der Waals surface area contributed by atoms with E-state index in [1.165, 1.54) is 0 Å². The molecule has 0 N–H and O–H groups in total. The molecule has 0 atom stereocenters. The van der Waals surface area contributed by atoms with Gasteiger partial charge in [-0.25, -0.2) is 0 Å². The number of fused-ring (bicyclic) bond motifs is 1. The summed E-state index contributed by atoms with van der Waals surface area (Å²) in [5.41, 5.74) is 1.97. The van der Waals surface area contributed by atoms with E-state index in [1.54, 1.807) is 12.3 Å². The van der Waals surface area contributed by atoms with Gasteiger partial charge in [-0.3, -0.25) is 4.98 Å². The molecule has 1 heterocycles. The highest BCUT2D eigenvalue weighted by Gasteiger charge is 2.06. The van der Waals surface area contributed by atoms with Crippen LogP contribution in [0.25, 0.3) is 10.9 Å². The molecule has 80 valence electrons. The third-order valence-electron chi connectivity index (χ3n) is 2.19. The zero-order valence-corrected chi connectivity index (χ0v) is 10.3. The Labute approximate surface area is 102 Å². The van der Waals surface area contributed by atoms with E-state index in [0.29, 0.717) is 5.75 Å². The summed E-state index contributed by atoms with van der Waals surface area (Å²) in [5.74, 6) is 0.691. The van der Waals surface area contributed by atoms with E-state index < -0.39 is 0 Å². The molecule has 0 fully saturated rings. The highest BCUT2D eigenvalue weighted by Crippen LogP contribution is 2.30. The van der Waals surface area contributed by atoms with Gasteiger partial charge >= 0.3 is 0 Å². The summed E-state index contributed by atoms with van der Waals surface area (Å²) in [6.07, 6.45) is 1.68. The normalized spacial score (nSPS) is 10.1.